The Balaban J connectivity index is 1.60. The first-order chi connectivity index (χ1) is 16.8. The summed E-state index contributed by atoms with van der Waals surface area (Å²) >= 11 is 0. The van der Waals surface area contributed by atoms with Gasteiger partial charge in [-0.05, 0) is 56.9 Å². The van der Waals surface area contributed by atoms with Crippen LogP contribution in [0.4, 0.5) is 10.1 Å². The van der Waals surface area contributed by atoms with Gasteiger partial charge in [-0.2, -0.15) is 0 Å². The van der Waals surface area contributed by atoms with Gasteiger partial charge in [0.2, 0.25) is 0 Å². The molecule has 0 radical (unpaired) electrons. The predicted molar refractivity (Wildman–Crippen MR) is 133 cm³/mol. The normalized spacial score (nSPS) is 12.0. The van der Waals surface area contributed by atoms with Gasteiger partial charge in [-0.3, -0.25) is 15.2 Å². The van der Waals surface area contributed by atoms with Crippen molar-refractivity contribution in [3.05, 3.63) is 83.3 Å². The predicted octanol–water partition coefficient (Wildman–Crippen LogP) is 3.37. The molecule has 9 nitrogen and oxygen atoms in total. The lowest BCUT2D eigenvalue weighted by molar-refractivity contribution is 0.0941. The van der Waals surface area contributed by atoms with Crippen LogP contribution in [0.2, 0.25) is 0 Å². The van der Waals surface area contributed by atoms with Crippen molar-refractivity contribution in [2.24, 2.45) is 0 Å². The Kier molecular flexibility index (Phi) is 7.11. The number of amides is 1. The summed E-state index contributed by atoms with van der Waals surface area (Å²) in [6.45, 7) is 3.21. The van der Waals surface area contributed by atoms with Gasteiger partial charge in [0.15, 0.2) is 5.65 Å². The molecule has 3 heterocycles. The standard InChI is InChI=1S/C25H27FN8O/c1-15(16-6-8-28-9-7-16)32-25(35)19-13-30-24-23(19)33-21(14-31-24)22(27)18-5-4-17(26)12-20(18)29-10-11-34(2)3/h4-9,12-15,27,29H,10-11H2,1-3H3,(H,30,31)(H,32,35). The van der Waals surface area contributed by atoms with Crippen molar-refractivity contribution in [1.29, 1.82) is 5.41 Å². The molecule has 35 heavy (non-hydrogen) atoms. The van der Waals surface area contributed by atoms with Crippen LogP contribution >= 0.6 is 0 Å². The number of halogens is 1. The third kappa shape index (κ3) is 5.49. The molecule has 0 bridgehead atoms. The molecule has 0 saturated heterocycles. The van der Waals surface area contributed by atoms with Gasteiger partial charge in [0.25, 0.3) is 5.91 Å². The fourth-order valence-corrected chi connectivity index (χ4v) is 3.63. The van der Waals surface area contributed by atoms with Crippen molar-refractivity contribution < 1.29 is 9.18 Å². The average Bonchev–Trinajstić information content (AvgIpc) is 3.27. The summed E-state index contributed by atoms with van der Waals surface area (Å²) in [4.78, 5) is 30.9. The second kappa shape index (κ2) is 10.4. The number of carbonyl (C=O) groups is 1. The summed E-state index contributed by atoms with van der Waals surface area (Å²) in [5.41, 5.74) is 3.38. The molecule has 0 fully saturated rings. The van der Waals surface area contributed by atoms with Crippen LogP contribution in [0.25, 0.3) is 11.2 Å². The quantitative estimate of drug-likeness (QED) is 0.276. The molecular formula is C25H27FN8O. The van der Waals surface area contributed by atoms with E-state index in [0.717, 1.165) is 12.1 Å². The van der Waals surface area contributed by atoms with Crippen molar-refractivity contribution in [1.82, 2.24) is 30.2 Å². The summed E-state index contributed by atoms with van der Waals surface area (Å²) in [7, 11) is 3.90. The summed E-state index contributed by atoms with van der Waals surface area (Å²) in [5, 5.41) is 14.9. The first-order valence-electron chi connectivity index (χ1n) is 11.2. The first kappa shape index (κ1) is 24.0. The van der Waals surface area contributed by atoms with Crippen LogP contribution in [0.15, 0.2) is 55.1 Å². The number of anilines is 1. The molecule has 4 N–H and O–H groups in total. The summed E-state index contributed by atoms with van der Waals surface area (Å²) in [6.07, 6.45) is 6.37. The Morgan fingerprint density at radius 3 is 2.71 bits per heavy atom. The molecule has 0 spiro atoms. The van der Waals surface area contributed by atoms with E-state index < -0.39 is 5.82 Å². The summed E-state index contributed by atoms with van der Waals surface area (Å²) in [5.74, 6) is -0.713. The number of likely N-dealkylation sites (N-methyl/N-ethyl adjacent to an activating group) is 1. The maximum absolute atomic E-state index is 13.9. The fraction of sp³-hybridized carbons (Fsp3) is 0.240. The Morgan fingerprint density at radius 2 is 1.97 bits per heavy atom. The van der Waals surface area contributed by atoms with Gasteiger partial charge in [0.05, 0.1) is 23.5 Å². The third-order valence-corrected chi connectivity index (χ3v) is 5.56. The highest BCUT2D eigenvalue weighted by molar-refractivity contribution is 6.14. The number of carbonyl (C=O) groups excluding carboxylic acids is 1. The monoisotopic (exact) mass is 474 g/mol. The number of aromatic amines is 1. The molecule has 1 amide bonds. The molecule has 4 rings (SSSR count). The zero-order chi connectivity index (χ0) is 24.9. The molecule has 1 atom stereocenters. The zero-order valence-electron chi connectivity index (χ0n) is 19.8. The lowest BCUT2D eigenvalue weighted by Gasteiger charge is -2.15. The van der Waals surface area contributed by atoms with Crippen LogP contribution in [-0.4, -0.2) is 63.6 Å². The van der Waals surface area contributed by atoms with Crippen molar-refractivity contribution >= 4 is 28.5 Å². The molecule has 0 aliphatic carbocycles. The minimum atomic E-state index is -0.400. The van der Waals surface area contributed by atoms with E-state index in [1.54, 1.807) is 24.7 Å². The second-order valence-corrected chi connectivity index (χ2v) is 8.43. The average molecular weight is 475 g/mol. The Labute approximate surface area is 202 Å². The number of pyridine rings is 1. The smallest absolute Gasteiger partial charge is 0.255 e. The van der Waals surface area contributed by atoms with Gasteiger partial charge in [-0.15, -0.1) is 0 Å². The Morgan fingerprint density at radius 1 is 1.20 bits per heavy atom. The number of rotatable bonds is 9. The number of nitrogens with zero attached hydrogens (tertiary/aromatic N) is 4. The van der Waals surface area contributed by atoms with Crippen LogP contribution < -0.4 is 10.6 Å². The van der Waals surface area contributed by atoms with E-state index in [9.17, 15) is 9.18 Å². The number of hydrogen-bond acceptors (Lipinski definition) is 7. The molecule has 0 saturated carbocycles. The SMILES string of the molecule is CC(NC(=O)c1c[nH]c2ncc(C(=N)c3ccc(F)cc3NCCN(C)C)nc12)c1ccncc1. The fourth-order valence-electron chi connectivity index (χ4n) is 3.63. The minimum absolute atomic E-state index is 0.0736. The van der Waals surface area contributed by atoms with Gasteiger partial charge < -0.3 is 20.5 Å². The molecule has 1 aromatic carbocycles. The van der Waals surface area contributed by atoms with E-state index in [1.165, 1.54) is 18.3 Å². The van der Waals surface area contributed by atoms with Crippen molar-refractivity contribution in [2.45, 2.75) is 13.0 Å². The third-order valence-electron chi connectivity index (χ3n) is 5.56. The number of benzene rings is 1. The summed E-state index contributed by atoms with van der Waals surface area (Å²) in [6, 6.07) is 7.66. The largest absolute Gasteiger partial charge is 0.383 e. The van der Waals surface area contributed by atoms with Crippen molar-refractivity contribution in [3.8, 4) is 0 Å². The number of H-pyrrole nitrogens is 1. The molecule has 3 aromatic heterocycles. The molecular weight excluding hydrogens is 447 g/mol. The van der Waals surface area contributed by atoms with E-state index in [4.69, 9.17) is 5.41 Å². The number of fused-ring (bicyclic) bond motifs is 1. The lowest BCUT2D eigenvalue weighted by atomic mass is 10.0. The molecule has 4 aromatic rings. The molecule has 10 heteroatoms. The van der Waals surface area contributed by atoms with Crippen molar-refractivity contribution in [2.75, 3.05) is 32.5 Å². The van der Waals surface area contributed by atoms with E-state index in [-0.39, 0.29) is 23.4 Å². The van der Waals surface area contributed by atoms with Gasteiger partial charge >= 0.3 is 0 Å². The molecule has 0 aliphatic heterocycles. The van der Waals surface area contributed by atoms with Crippen LogP contribution in [-0.2, 0) is 0 Å². The van der Waals surface area contributed by atoms with Crippen LogP contribution in [0, 0.1) is 11.2 Å². The highest BCUT2D eigenvalue weighted by Crippen LogP contribution is 2.22. The molecule has 1 unspecified atom stereocenters. The number of nitrogens with one attached hydrogen (secondary N) is 4. The minimum Gasteiger partial charge on any atom is -0.383 e. The van der Waals surface area contributed by atoms with Crippen LogP contribution in [0.3, 0.4) is 0 Å². The number of aromatic nitrogens is 4. The summed E-state index contributed by atoms with van der Waals surface area (Å²) < 4.78 is 13.9. The zero-order valence-corrected chi connectivity index (χ0v) is 19.8. The lowest BCUT2D eigenvalue weighted by Crippen LogP contribution is -2.26. The van der Waals surface area contributed by atoms with E-state index in [1.807, 2.05) is 38.1 Å². The van der Waals surface area contributed by atoms with Crippen LogP contribution in [0.5, 0.6) is 0 Å². The topological polar surface area (TPSA) is 123 Å². The van der Waals surface area contributed by atoms with Crippen LogP contribution in [0.1, 0.15) is 40.1 Å². The Hall–Kier alpha value is -4.18. The van der Waals surface area contributed by atoms with Gasteiger partial charge in [0, 0.05) is 42.9 Å². The van der Waals surface area contributed by atoms with Gasteiger partial charge in [-0.1, -0.05) is 0 Å². The maximum Gasteiger partial charge on any atom is 0.255 e. The van der Waals surface area contributed by atoms with E-state index in [0.29, 0.717) is 34.5 Å². The number of hydrogen-bond donors (Lipinski definition) is 4. The van der Waals surface area contributed by atoms with E-state index >= 15 is 0 Å². The second-order valence-electron chi connectivity index (χ2n) is 8.43. The maximum atomic E-state index is 13.9. The Bertz CT molecular complexity index is 1350. The molecule has 0 aliphatic rings. The van der Waals surface area contributed by atoms with Crippen molar-refractivity contribution in [3.63, 3.8) is 0 Å². The highest BCUT2D eigenvalue weighted by Gasteiger charge is 2.19. The molecule has 180 valence electrons. The van der Waals surface area contributed by atoms with E-state index in [2.05, 4.69) is 30.6 Å². The van der Waals surface area contributed by atoms with Gasteiger partial charge in [0.1, 0.15) is 17.0 Å². The first-order valence-corrected chi connectivity index (χ1v) is 11.2. The highest BCUT2D eigenvalue weighted by atomic mass is 19.1. The van der Waals surface area contributed by atoms with Gasteiger partial charge in [-0.25, -0.2) is 14.4 Å².